The number of fused-ring (bicyclic) bond motifs is 1. The number of rotatable bonds is 7. The van der Waals surface area contributed by atoms with Gasteiger partial charge in [-0.3, -0.25) is 14.5 Å². The second kappa shape index (κ2) is 10.9. The monoisotopic (exact) mass is 549 g/mol. The van der Waals surface area contributed by atoms with Gasteiger partial charge < -0.3 is 9.47 Å². The SMILES string of the molecule is COc1ccc(/C=C2\SC(=O)N(Cc3cccc4ccccc34)C2=O)cc1OCc1ccc(Cl)cc1Cl. The highest BCUT2D eigenvalue weighted by atomic mass is 35.5. The van der Waals surface area contributed by atoms with E-state index in [1.165, 1.54) is 4.90 Å². The van der Waals surface area contributed by atoms with E-state index in [2.05, 4.69) is 0 Å². The summed E-state index contributed by atoms with van der Waals surface area (Å²) in [4.78, 5) is 27.6. The van der Waals surface area contributed by atoms with E-state index in [1.807, 2.05) is 42.5 Å². The van der Waals surface area contributed by atoms with Gasteiger partial charge >= 0.3 is 0 Å². The number of nitrogens with zero attached hydrogens (tertiary/aromatic N) is 1. The maximum Gasteiger partial charge on any atom is 0.293 e. The summed E-state index contributed by atoms with van der Waals surface area (Å²) in [6, 6.07) is 24.3. The third-order valence-electron chi connectivity index (χ3n) is 5.97. The van der Waals surface area contributed by atoms with Crippen LogP contribution in [0.25, 0.3) is 16.8 Å². The van der Waals surface area contributed by atoms with Gasteiger partial charge in [-0.05, 0) is 64.0 Å². The van der Waals surface area contributed by atoms with Crippen molar-refractivity contribution in [3.63, 3.8) is 0 Å². The minimum Gasteiger partial charge on any atom is -0.493 e. The molecule has 37 heavy (non-hydrogen) atoms. The molecule has 1 aliphatic heterocycles. The van der Waals surface area contributed by atoms with Gasteiger partial charge in [0.2, 0.25) is 0 Å². The fourth-order valence-electron chi connectivity index (χ4n) is 4.08. The summed E-state index contributed by atoms with van der Waals surface area (Å²) in [6.07, 6.45) is 1.69. The first-order chi connectivity index (χ1) is 17.9. The molecule has 0 spiro atoms. The fourth-order valence-corrected chi connectivity index (χ4v) is 5.38. The molecule has 4 aromatic carbocycles. The summed E-state index contributed by atoms with van der Waals surface area (Å²) < 4.78 is 11.4. The third-order valence-corrected chi connectivity index (χ3v) is 7.46. The molecule has 1 fully saturated rings. The molecule has 0 N–H and O–H groups in total. The number of thioether (sulfide) groups is 1. The minimum atomic E-state index is -0.325. The van der Waals surface area contributed by atoms with Crippen LogP contribution in [0.2, 0.25) is 10.0 Å². The number of hydrogen-bond acceptors (Lipinski definition) is 5. The molecule has 0 atom stereocenters. The molecule has 1 saturated heterocycles. The van der Waals surface area contributed by atoms with E-state index in [4.69, 9.17) is 32.7 Å². The molecule has 5 nitrogen and oxygen atoms in total. The van der Waals surface area contributed by atoms with Gasteiger partial charge in [-0.25, -0.2) is 0 Å². The molecule has 2 amide bonds. The van der Waals surface area contributed by atoms with E-state index in [0.717, 1.165) is 33.7 Å². The topological polar surface area (TPSA) is 55.8 Å². The molecule has 0 unspecified atom stereocenters. The summed E-state index contributed by atoms with van der Waals surface area (Å²) in [5.41, 5.74) is 2.39. The van der Waals surface area contributed by atoms with Gasteiger partial charge in [0, 0.05) is 15.6 Å². The number of carbonyl (C=O) groups excluding carboxylic acids is 2. The van der Waals surface area contributed by atoms with Crippen molar-refractivity contribution < 1.29 is 19.1 Å². The molecule has 1 heterocycles. The van der Waals surface area contributed by atoms with Crippen molar-refractivity contribution in [1.29, 1.82) is 0 Å². The number of halogens is 2. The molecule has 4 aromatic rings. The predicted molar refractivity (Wildman–Crippen MR) is 149 cm³/mol. The number of methoxy groups -OCH3 is 1. The molecule has 0 saturated carbocycles. The fraction of sp³-hybridized carbons (Fsp3) is 0.103. The lowest BCUT2D eigenvalue weighted by Crippen LogP contribution is -2.27. The Kier molecular flexibility index (Phi) is 7.42. The molecular formula is C29H21Cl2NO4S. The molecule has 1 aliphatic rings. The van der Waals surface area contributed by atoms with Gasteiger partial charge in [-0.2, -0.15) is 0 Å². The van der Waals surface area contributed by atoms with Crippen molar-refractivity contribution in [2.45, 2.75) is 13.2 Å². The maximum absolute atomic E-state index is 13.2. The average Bonchev–Trinajstić information content (AvgIpc) is 3.15. The minimum absolute atomic E-state index is 0.206. The highest BCUT2D eigenvalue weighted by Crippen LogP contribution is 2.36. The van der Waals surface area contributed by atoms with Crippen molar-refractivity contribution in [3.05, 3.63) is 111 Å². The summed E-state index contributed by atoms with van der Waals surface area (Å²) in [6.45, 7) is 0.416. The van der Waals surface area contributed by atoms with E-state index in [-0.39, 0.29) is 24.3 Å². The zero-order chi connectivity index (χ0) is 25.9. The van der Waals surface area contributed by atoms with Crippen molar-refractivity contribution in [1.82, 2.24) is 4.90 Å². The standard InChI is InChI=1S/C29H21Cl2NO4S/c1-35-25-12-9-18(13-26(25)36-17-21-10-11-22(30)15-24(21)31)14-27-28(33)32(29(34)37-27)16-20-7-4-6-19-5-2-3-8-23(19)20/h2-15H,16-17H2,1H3/b27-14-. The van der Waals surface area contributed by atoms with Crippen LogP contribution in [0.15, 0.2) is 83.8 Å². The first-order valence-corrected chi connectivity index (χ1v) is 13.0. The second-order valence-corrected chi connectivity index (χ2v) is 10.2. The molecule has 5 rings (SSSR count). The normalized spacial score (nSPS) is 14.6. The van der Waals surface area contributed by atoms with Gasteiger partial charge in [-0.15, -0.1) is 0 Å². The Balaban J connectivity index is 1.36. The molecule has 186 valence electrons. The van der Waals surface area contributed by atoms with Gasteiger partial charge in [-0.1, -0.05) is 77.8 Å². The number of hydrogen-bond donors (Lipinski definition) is 0. The first kappa shape index (κ1) is 25.2. The van der Waals surface area contributed by atoms with Gasteiger partial charge in [0.05, 0.1) is 18.6 Å². The van der Waals surface area contributed by atoms with Crippen molar-refractivity contribution in [2.24, 2.45) is 0 Å². The molecule has 8 heteroatoms. The maximum atomic E-state index is 13.2. The summed E-state index contributed by atoms with van der Waals surface area (Å²) >= 11 is 13.2. The second-order valence-electron chi connectivity index (χ2n) is 8.34. The van der Waals surface area contributed by atoms with E-state index >= 15 is 0 Å². The van der Waals surface area contributed by atoms with Crippen LogP contribution < -0.4 is 9.47 Å². The lowest BCUT2D eigenvalue weighted by atomic mass is 10.0. The lowest BCUT2D eigenvalue weighted by molar-refractivity contribution is -0.123. The predicted octanol–water partition coefficient (Wildman–Crippen LogP) is 7.97. The summed E-state index contributed by atoms with van der Waals surface area (Å²) in [7, 11) is 1.55. The van der Waals surface area contributed by atoms with Crippen molar-refractivity contribution >= 4 is 63.0 Å². The number of ether oxygens (including phenoxy) is 2. The van der Waals surface area contributed by atoms with Gasteiger partial charge in [0.25, 0.3) is 11.1 Å². The molecule has 0 aliphatic carbocycles. The highest BCUT2D eigenvalue weighted by molar-refractivity contribution is 8.18. The van der Waals surface area contributed by atoms with Crippen LogP contribution in [0.5, 0.6) is 11.5 Å². The quantitative estimate of drug-likeness (QED) is 0.219. The zero-order valence-corrected chi connectivity index (χ0v) is 22.1. The number of benzene rings is 4. The van der Waals surface area contributed by atoms with Crippen molar-refractivity contribution in [2.75, 3.05) is 7.11 Å². The van der Waals surface area contributed by atoms with Gasteiger partial charge in [0.1, 0.15) is 6.61 Å². The Morgan fingerprint density at radius 1 is 0.892 bits per heavy atom. The average molecular weight is 550 g/mol. The van der Waals surface area contributed by atoms with Crippen LogP contribution >= 0.6 is 35.0 Å². The lowest BCUT2D eigenvalue weighted by Gasteiger charge is -2.14. The first-order valence-electron chi connectivity index (χ1n) is 11.4. The molecular weight excluding hydrogens is 529 g/mol. The van der Waals surface area contributed by atoms with Gasteiger partial charge in [0.15, 0.2) is 11.5 Å². The van der Waals surface area contributed by atoms with Crippen LogP contribution in [0, 0.1) is 0 Å². The van der Waals surface area contributed by atoms with Crippen LogP contribution in [0.3, 0.4) is 0 Å². The third kappa shape index (κ3) is 5.47. The zero-order valence-electron chi connectivity index (χ0n) is 19.7. The smallest absolute Gasteiger partial charge is 0.293 e. The Bertz CT molecular complexity index is 1550. The molecule has 0 radical (unpaired) electrons. The largest absolute Gasteiger partial charge is 0.493 e. The summed E-state index contributed by atoms with van der Waals surface area (Å²) in [5, 5.41) is 2.83. The number of carbonyl (C=O) groups is 2. The van der Waals surface area contributed by atoms with Crippen molar-refractivity contribution in [3.8, 4) is 11.5 Å². The van der Waals surface area contributed by atoms with Crippen LogP contribution in [0.4, 0.5) is 4.79 Å². The van der Waals surface area contributed by atoms with E-state index < -0.39 is 0 Å². The van der Waals surface area contributed by atoms with Crippen LogP contribution in [-0.2, 0) is 17.9 Å². The Morgan fingerprint density at radius 3 is 2.51 bits per heavy atom. The van der Waals surface area contributed by atoms with E-state index in [9.17, 15) is 9.59 Å². The van der Waals surface area contributed by atoms with Crippen LogP contribution in [-0.4, -0.2) is 23.2 Å². The Hall–Kier alpha value is -3.45. The highest BCUT2D eigenvalue weighted by Gasteiger charge is 2.35. The Morgan fingerprint density at radius 2 is 1.70 bits per heavy atom. The molecule has 0 bridgehead atoms. The van der Waals surface area contributed by atoms with E-state index in [0.29, 0.717) is 32.0 Å². The summed E-state index contributed by atoms with van der Waals surface area (Å²) in [5.74, 6) is 0.692. The molecule has 0 aromatic heterocycles. The Labute approximate surface area is 228 Å². The number of imide groups is 1. The number of amides is 2. The van der Waals surface area contributed by atoms with Crippen LogP contribution in [0.1, 0.15) is 16.7 Å². The van der Waals surface area contributed by atoms with E-state index in [1.54, 1.807) is 49.6 Å².